The van der Waals surface area contributed by atoms with Gasteiger partial charge >= 0.3 is 6.09 Å². The third kappa shape index (κ3) is 2.12. The fraction of sp³-hybridized carbons (Fsp3) is 0.529. The van der Waals surface area contributed by atoms with E-state index in [-0.39, 0.29) is 17.0 Å². The first-order valence-electron chi connectivity index (χ1n) is 7.97. The van der Waals surface area contributed by atoms with Crippen LogP contribution in [0.5, 0.6) is 0 Å². The Morgan fingerprint density at radius 2 is 2.25 bits per heavy atom. The second kappa shape index (κ2) is 4.99. The summed E-state index contributed by atoms with van der Waals surface area (Å²) in [5, 5.41) is 15.9. The van der Waals surface area contributed by atoms with Crippen molar-refractivity contribution in [3.05, 3.63) is 27.5 Å². The molecule has 1 aliphatic carbocycles. The van der Waals surface area contributed by atoms with Crippen LogP contribution in [0.2, 0.25) is 4.34 Å². The van der Waals surface area contributed by atoms with Gasteiger partial charge in [0.1, 0.15) is 5.69 Å². The van der Waals surface area contributed by atoms with Gasteiger partial charge in [-0.1, -0.05) is 37.5 Å². The Morgan fingerprint density at radius 3 is 2.83 bits per heavy atom. The topological polar surface area (TPSA) is 66.6 Å². The molecular weight excluding hydrogens is 348 g/mol. The lowest BCUT2D eigenvalue weighted by Gasteiger charge is -2.39. The molecule has 4 rings (SSSR count). The van der Waals surface area contributed by atoms with Gasteiger partial charge in [0.15, 0.2) is 5.76 Å². The van der Waals surface area contributed by atoms with Gasteiger partial charge in [-0.25, -0.2) is 4.79 Å². The molecule has 1 saturated carbocycles. The second-order valence-electron chi connectivity index (χ2n) is 7.73. The minimum atomic E-state index is -0.877. The molecule has 2 fully saturated rings. The van der Waals surface area contributed by atoms with Crippen LogP contribution >= 0.6 is 22.9 Å². The summed E-state index contributed by atoms with van der Waals surface area (Å²) < 4.78 is 6.14. The van der Waals surface area contributed by atoms with Gasteiger partial charge in [0, 0.05) is 17.0 Å². The zero-order valence-electron chi connectivity index (χ0n) is 13.7. The highest BCUT2D eigenvalue weighted by molar-refractivity contribution is 7.14. The minimum Gasteiger partial charge on any atom is -0.465 e. The van der Waals surface area contributed by atoms with Crippen LogP contribution in [0.4, 0.5) is 4.79 Å². The molecule has 0 unspecified atom stereocenters. The van der Waals surface area contributed by atoms with Crippen molar-refractivity contribution in [2.75, 3.05) is 0 Å². The molecule has 0 spiro atoms. The van der Waals surface area contributed by atoms with Gasteiger partial charge in [-0.2, -0.15) is 0 Å². The van der Waals surface area contributed by atoms with Gasteiger partial charge in [-0.3, -0.25) is 4.90 Å². The van der Waals surface area contributed by atoms with Crippen molar-refractivity contribution >= 4 is 29.0 Å². The van der Waals surface area contributed by atoms with Crippen molar-refractivity contribution in [1.82, 2.24) is 10.1 Å². The summed E-state index contributed by atoms with van der Waals surface area (Å²) in [7, 11) is 0. The maximum Gasteiger partial charge on any atom is 0.408 e. The monoisotopic (exact) mass is 366 g/mol. The van der Waals surface area contributed by atoms with Gasteiger partial charge in [0.25, 0.3) is 0 Å². The van der Waals surface area contributed by atoms with Crippen LogP contribution in [0.3, 0.4) is 0 Å². The Morgan fingerprint density at radius 1 is 1.50 bits per heavy atom. The van der Waals surface area contributed by atoms with Crippen molar-refractivity contribution in [3.8, 4) is 11.3 Å². The van der Waals surface area contributed by atoms with Crippen molar-refractivity contribution in [1.29, 1.82) is 0 Å². The standard InChI is InChI=1S/C17H19ClN2O3S/c1-16(2,3)17-7-10(17)5-12(20(17)15(21)22)11-6-13(23-19-11)9-4-14(18)24-8-9/h4,6,8,10,12H,5,7H2,1-3H3,(H,21,22)/t10-,12-,17-/m1/s1. The van der Waals surface area contributed by atoms with E-state index < -0.39 is 6.09 Å². The van der Waals surface area contributed by atoms with E-state index in [1.54, 1.807) is 4.90 Å². The number of aromatic nitrogens is 1. The van der Waals surface area contributed by atoms with E-state index in [1.165, 1.54) is 11.3 Å². The fourth-order valence-corrected chi connectivity index (χ4v) is 5.27. The van der Waals surface area contributed by atoms with Gasteiger partial charge in [0.05, 0.1) is 15.9 Å². The fourth-order valence-electron chi connectivity index (χ4n) is 4.40. The summed E-state index contributed by atoms with van der Waals surface area (Å²) in [5.74, 6) is 1.03. The van der Waals surface area contributed by atoms with Crippen LogP contribution < -0.4 is 0 Å². The molecule has 0 aromatic carbocycles. The molecule has 5 nitrogen and oxygen atoms in total. The smallest absolute Gasteiger partial charge is 0.408 e. The van der Waals surface area contributed by atoms with E-state index in [9.17, 15) is 9.90 Å². The van der Waals surface area contributed by atoms with E-state index in [2.05, 4.69) is 25.9 Å². The summed E-state index contributed by atoms with van der Waals surface area (Å²) in [4.78, 5) is 13.6. The number of carbonyl (C=O) groups is 1. The predicted octanol–water partition coefficient (Wildman–Crippen LogP) is 5.29. The Hall–Kier alpha value is -1.53. The molecule has 0 bridgehead atoms. The summed E-state index contributed by atoms with van der Waals surface area (Å²) in [5.41, 5.74) is 1.18. The van der Waals surface area contributed by atoms with Crippen LogP contribution in [0.1, 0.15) is 45.3 Å². The number of hydrogen-bond donors (Lipinski definition) is 1. The normalized spacial score (nSPS) is 28.9. The Kier molecular flexibility index (Phi) is 3.32. The first-order chi connectivity index (χ1) is 11.2. The average Bonchev–Trinajstić information content (AvgIpc) is 2.89. The molecule has 24 heavy (non-hydrogen) atoms. The lowest BCUT2D eigenvalue weighted by Crippen LogP contribution is -2.48. The summed E-state index contributed by atoms with van der Waals surface area (Å²) in [6.45, 7) is 6.35. The Labute approximate surface area is 149 Å². The Bertz CT molecular complexity index is 809. The number of carboxylic acid groups (broad SMARTS) is 1. The molecule has 1 N–H and O–H groups in total. The van der Waals surface area contributed by atoms with Gasteiger partial charge in [0.2, 0.25) is 0 Å². The molecule has 2 aromatic rings. The molecule has 0 radical (unpaired) electrons. The predicted molar refractivity (Wildman–Crippen MR) is 92.3 cm³/mol. The molecule has 1 saturated heterocycles. The first kappa shape index (κ1) is 16.0. The zero-order chi connectivity index (χ0) is 17.3. The molecule has 128 valence electrons. The highest BCUT2D eigenvalue weighted by Crippen LogP contribution is 2.68. The Balaban J connectivity index is 1.68. The summed E-state index contributed by atoms with van der Waals surface area (Å²) in [6.07, 6.45) is 0.863. The van der Waals surface area contributed by atoms with Crippen LogP contribution in [-0.2, 0) is 0 Å². The van der Waals surface area contributed by atoms with Crippen molar-refractivity contribution < 1.29 is 14.4 Å². The van der Waals surface area contributed by atoms with E-state index in [0.717, 1.165) is 18.4 Å². The highest BCUT2D eigenvalue weighted by atomic mass is 35.5. The minimum absolute atomic E-state index is 0.0990. The molecule has 3 heterocycles. The number of rotatable bonds is 2. The molecular formula is C17H19ClN2O3S. The molecule has 2 aromatic heterocycles. The first-order valence-corrected chi connectivity index (χ1v) is 9.23. The van der Waals surface area contributed by atoms with Crippen molar-refractivity contribution in [2.45, 2.75) is 45.2 Å². The molecule has 7 heteroatoms. The number of piperidine rings is 1. The molecule has 1 amide bonds. The van der Waals surface area contributed by atoms with E-state index >= 15 is 0 Å². The van der Waals surface area contributed by atoms with Crippen LogP contribution in [0.15, 0.2) is 22.0 Å². The number of amides is 1. The number of hydrogen-bond acceptors (Lipinski definition) is 4. The highest BCUT2D eigenvalue weighted by Gasteiger charge is 2.72. The molecule has 2 aliphatic rings. The molecule has 1 aliphatic heterocycles. The van der Waals surface area contributed by atoms with Crippen LogP contribution in [0, 0.1) is 11.3 Å². The SMILES string of the molecule is CC(C)(C)[C@@]12C[C@H]1C[C@H](c1cc(-c3csc(Cl)c3)on1)N2C(=O)O. The third-order valence-electron chi connectivity index (χ3n) is 5.55. The lowest BCUT2D eigenvalue weighted by atomic mass is 9.82. The third-order valence-corrected chi connectivity index (χ3v) is 6.64. The largest absolute Gasteiger partial charge is 0.465 e. The number of nitrogens with zero attached hydrogens (tertiary/aromatic N) is 2. The number of likely N-dealkylation sites (tertiary alicyclic amines) is 1. The van der Waals surface area contributed by atoms with Crippen LogP contribution in [0.25, 0.3) is 11.3 Å². The zero-order valence-corrected chi connectivity index (χ0v) is 15.3. The summed E-state index contributed by atoms with van der Waals surface area (Å²) >= 11 is 7.40. The average molecular weight is 367 g/mol. The van der Waals surface area contributed by atoms with E-state index in [0.29, 0.717) is 21.7 Å². The summed E-state index contributed by atoms with van der Waals surface area (Å²) in [6, 6.07) is 3.43. The number of halogens is 1. The molecule has 3 atom stereocenters. The second-order valence-corrected chi connectivity index (χ2v) is 9.28. The number of thiophene rings is 1. The lowest BCUT2D eigenvalue weighted by molar-refractivity contribution is 0.0581. The quantitative estimate of drug-likeness (QED) is 0.784. The van der Waals surface area contributed by atoms with E-state index in [4.69, 9.17) is 16.1 Å². The van der Waals surface area contributed by atoms with E-state index in [1.807, 2.05) is 17.5 Å². The van der Waals surface area contributed by atoms with Crippen molar-refractivity contribution in [2.24, 2.45) is 11.3 Å². The van der Waals surface area contributed by atoms with Gasteiger partial charge in [-0.15, -0.1) is 11.3 Å². The maximum atomic E-state index is 12.0. The number of fused-ring (bicyclic) bond motifs is 1. The van der Waals surface area contributed by atoms with Gasteiger partial charge in [-0.05, 0) is 30.2 Å². The van der Waals surface area contributed by atoms with Crippen molar-refractivity contribution in [3.63, 3.8) is 0 Å². The maximum absolute atomic E-state index is 12.0. The van der Waals surface area contributed by atoms with Crippen LogP contribution in [-0.4, -0.2) is 26.8 Å². The van der Waals surface area contributed by atoms with Gasteiger partial charge < -0.3 is 9.63 Å².